The van der Waals surface area contributed by atoms with Crippen molar-refractivity contribution in [1.29, 1.82) is 0 Å². The zero-order valence-electron chi connectivity index (χ0n) is 9.42. The molecule has 0 saturated carbocycles. The number of thiophene rings is 1. The molecular formula is C11H9ClN4S2. The second-order valence-corrected chi connectivity index (χ2v) is 5.88. The molecule has 0 aliphatic carbocycles. The van der Waals surface area contributed by atoms with Gasteiger partial charge in [0.05, 0.1) is 11.4 Å². The third-order valence-electron chi connectivity index (χ3n) is 2.47. The molecule has 0 amide bonds. The first kappa shape index (κ1) is 11.8. The van der Waals surface area contributed by atoms with E-state index in [1.54, 1.807) is 28.9 Å². The molecule has 1 unspecified atom stereocenters. The fraction of sp³-hybridized carbons (Fsp3) is 0.182. The van der Waals surface area contributed by atoms with Gasteiger partial charge in [0, 0.05) is 11.6 Å². The van der Waals surface area contributed by atoms with Gasteiger partial charge < -0.3 is 5.32 Å². The van der Waals surface area contributed by atoms with Gasteiger partial charge in [0.1, 0.15) is 15.7 Å². The van der Waals surface area contributed by atoms with E-state index >= 15 is 0 Å². The van der Waals surface area contributed by atoms with E-state index in [-0.39, 0.29) is 11.3 Å². The number of nitrogens with zero attached hydrogens (tertiary/aromatic N) is 3. The number of halogens is 1. The van der Waals surface area contributed by atoms with Crippen molar-refractivity contribution in [2.45, 2.75) is 13.0 Å². The minimum absolute atomic E-state index is 0.0964. The molecule has 0 radical (unpaired) electrons. The lowest BCUT2D eigenvalue weighted by Crippen LogP contribution is -2.08. The Balaban J connectivity index is 1.97. The van der Waals surface area contributed by atoms with Gasteiger partial charge in [-0.15, -0.1) is 22.7 Å². The van der Waals surface area contributed by atoms with E-state index in [9.17, 15) is 0 Å². The molecule has 3 aromatic heterocycles. The van der Waals surface area contributed by atoms with Gasteiger partial charge >= 0.3 is 0 Å². The predicted molar refractivity (Wildman–Crippen MR) is 76.6 cm³/mol. The number of nitrogens with one attached hydrogen (secondary N) is 1. The summed E-state index contributed by atoms with van der Waals surface area (Å²) in [5.74, 6) is 0.758. The van der Waals surface area contributed by atoms with Gasteiger partial charge in [-0.25, -0.2) is 15.0 Å². The average Bonchev–Trinajstić information content (AvgIpc) is 2.98. The topological polar surface area (TPSA) is 50.7 Å². The fourth-order valence-corrected chi connectivity index (χ4v) is 3.28. The lowest BCUT2D eigenvalue weighted by Gasteiger charge is -2.12. The van der Waals surface area contributed by atoms with Gasteiger partial charge in [0.15, 0.2) is 0 Å². The van der Waals surface area contributed by atoms with Crippen molar-refractivity contribution in [3.05, 3.63) is 33.3 Å². The van der Waals surface area contributed by atoms with Crippen LogP contribution in [0.4, 0.5) is 5.82 Å². The van der Waals surface area contributed by atoms with Crippen LogP contribution in [0.5, 0.6) is 0 Å². The molecule has 0 bridgehead atoms. The van der Waals surface area contributed by atoms with E-state index in [4.69, 9.17) is 11.6 Å². The molecule has 3 heterocycles. The standard InChI is InChI=1S/C11H9ClN4S2/c1-6(9-13-3-5-18-9)14-8-7-2-4-17-10(7)16-11(12)15-8/h2-6H,1H3,(H,14,15,16). The lowest BCUT2D eigenvalue weighted by molar-refractivity contribution is 0.862. The predicted octanol–water partition coefficient (Wildman–Crippen LogP) is 3.97. The zero-order chi connectivity index (χ0) is 12.5. The molecule has 0 aliphatic rings. The number of hydrogen-bond acceptors (Lipinski definition) is 6. The van der Waals surface area contributed by atoms with Crippen LogP contribution < -0.4 is 5.32 Å². The molecule has 0 aliphatic heterocycles. The van der Waals surface area contributed by atoms with Crippen molar-refractivity contribution in [3.8, 4) is 0 Å². The smallest absolute Gasteiger partial charge is 0.225 e. The average molecular weight is 297 g/mol. The summed E-state index contributed by atoms with van der Waals surface area (Å²) in [6, 6.07) is 2.09. The van der Waals surface area contributed by atoms with Gasteiger partial charge in [-0.05, 0) is 30.0 Å². The summed E-state index contributed by atoms with van der Waals surface area (Å²) < 4.78 is 0. The first-order valence-electron chi connectivity index (χ1n) is 5.30. The molecule has 3 aromatic rings. The van der Waals surface area contributed by atoms with Crippen LogP contribution in [0.3, 0.4) is 0 Å². The van der Waals surface area contributed by atoms with E-state index < -0.39 is 0 Å². The third kappa shape index (κ3) is 2.19. The normalized spacial score (nSPS) is 12.8. The van der Waals surface area contributed by atoms with Crippen molar-refractivity contribution in [3.63, 3.8) is 0 Å². The van der Waals surface area contributed by atoms with E-state index in [2.05, 4.69) is 20.3 Å². The minimum Gasteiger partial charge on any atom is -0.360 e. The van der Waals surface area contributed by atoms with Gasteiger partial charge in [0.2, 0.25) is 5.28 Å². The lowest BCUT2D eigenvalue weighted by atomic mass is 10.3. The van der Waals surface area contributed by atoms with Crippen LogP contribution in [-0.4, -0.2) is 15.0 Å². The number of anilines is 1. The van der Waals surface area contributed by atoms with Crippen molar-refractivity contribution in [2.24, 2.45) is 0 Å². The quantitative estimate of drug-likeness (QED) is 0.743. The first-order valence-corrected chi connectivity index (χ1v) is 7.44. The summed E-state index contributed by atoms with van der Waals surface area (Å²) in [4.78, 5) is 13.6. The highest BCUT2D eigenvalue weighted by Crippen LogP contribution is 2.29. The van der Waals surface area contributed by atoms with Crippen molar-refractivity contribution >= 4 is 50.3 Å². The summed E-state index contributed by atoms with van der Waals surface area (Å²) in [6.07, 6.45) is 1.80. The summed E-state index contributed by atoms with van der Waals surface area (Å²) >= 11 is 9.09. The van der Waals surface area contributed by atoms with Crippen LogP contribution in [0.25, 0.3) is 10.2 Å². The Labute approximate surface area is 117 Å². The monoisotopic (exact) mass is 296 g/mol. The van der Waals surface area contributed by atoms with Crippen LogP contribution in [0.15, 0.2) is 23.0 Å². The van der Waals surface area contributed by atoms with Crippen LogP contribution >= 0.6 is 34.3 Å². The van der Waals surface area contributed by atoms with Crippen LogP contribution in [0, 0.1) is 0 Å². The van der Waals surface area contributed by atoms with Gasteiger partial charge in [-0.3, -0.25) is 0 Å². The molecule has 0 aromatic carbocycles. The highest BCUT2D eigenvalue weighted by atomic mass is 35.5. The number of aromatic nitrogens is 3. The highest BCUT2D eigenvalue weighted by molar-refractivity contribution is 7.16. The summed E-state index contributed by atoms with van der Waals surface area (Å²) in [5.41, 5.74) is 0. The number of hydrogen-bond donors (Lipinski definition) is 1. The van der Waals surface area contributed by atoms with Crippen LogP contribution in [0.1, 0.15) is 18.0 Å². The molecular weight excluding hydrogens is 288 g/mol. The summed E-state index contributed by atoms with van der Waals surface area (Å²) in [5, 5.41) is 9.55. The van der Waals surface area contributed by atoms with Crippen molar-refractivity contribution in [2.75, 3.05) is 5.32 Å². The third-order valence-corrected chi connectivity index (χ3v) is 4.41. The fourth-order valence-electron chi connectivity index (χ4n) is 1.65. The maximum atomic E-state index is 5.92. The highest BCUT2D eigenvalue weighted by Gasteiger charge is 2.13. The van der Waals surface area contributed by atoms with Gasteiger partial charge in [-0.1, -0.05) is 0 Å². The van der Waals surface area contributed by atoms with Crippen molar-refractivity contribution in [1.82, 2.24) is 15.0 Å². The Kier molecular flexibility index (Phi) is 3.15. The van der Waals surface area contributed by atoms with E-state index in [0.717, 1.165) is 21.0 Å². The van der Waals surface area contributed by atoms with Crippen molar-refractivity contribution < 1.29 is 0 Å². The molecule has 1 N–H and O–H groups in total. The van der Waals surface area contributed by atoms with Gasteiger partial charge in [-0.2, -0.15) is 0 Å². The largest absolute Gasteiger partial charge is 0.360 e. The maximum Gasteiger partial charge on any atom is 0.225 e. The minimum atomic E-state index is 0.0964. The van der Waals surface area contributed by atoms with E-state index in [0.29, 0.717) is 0 Å². The Bertz CT molecular complexity index is 665. The maximum absolute atomic E-state index is 5.92. The molecule has 18 heavy (non-hydrogen) atoms. The number of fused-ring (bicyclic) bond motifs is 1. The SMILES string of the molecule is CC(Nc1nc(Cl)nc2sccc12)c1nccs1. The molecule has 0 saturated heterocycles. The van der Waals surface area contributed by atoms with Gasteiger partial charge in [0.25, 0.3) is 0 Å². The first-order chi connectivity index (χ1) is 8.74. The molecule has 92 valence electrons. The van der Waals surface area contributed by atoms with Crippen LogP contribution in [-0.2, 0) is 0 Å². The molecule has 7 heteroatoms. The summed E-state index contributed by atoms with van der Waals surface area (Å²) in [6.45, 7) is 2.05. The molecule has 4 nitrogen and oxygen atoms in total. The Morgan fingerprint density at radius 3 is 2.94 bits per heavy atom. The van der Waals surface area contributed by atoms with E-state index in [1.165, 1.54) is 0 Å². The zero-order valence-corrected chi connectivity index (χ0v) is 11.8. The summed E-state index contributed by atoms with van der Waals surface area (Å²) in [7, 11) is 0. The van der Waals surface area contributed by atoms with Crippen LogP contribution in [0.2, 0.25) is 5.28 Å². The second-order valence-electron chi connectivity index (χ2n) is 3.72. The van der Waals surface area contributed by atoms with E-state index in [1.807, 2.05) is 23.8 Å². The second kappa shape index (κ2) is 4.79. The Morgan fingerprint density at radius 1 is 1.28 bits per heavy atom. The number of thiazole rings is 1. The number of rotatable bonds is 3. The Morgan fingerprint density at radius 2 is 2.17 bits per heavy atom. The molecule has 1 atom stereocenters. The molecule has 0 fully saturated rings. The molecule has 0 spiro atoms. The molecule has 3 rings (SSSR count). The Hall–Kier alpha value is -1.24.